The number of allylic oxidation sites excluding steroid dienone is 1. The maximum Gasteiger partial charge on any atom is 0.407 e. The lowest BCUT2D eigenvalue weighted by molar-refractivity contribution is -0.118. The molecule has 0 aliphatic carbocycles. The van der Waals surface area contributed by atoms with Gasteiger partial charge in [0.05, 0.1) is 0 Å². The molecule has 0 fully saturated rings. The number of carbonyl (C=O) groups excluding carboxylic acids is 2. The first-order valence-electron chi connectivity index (χ1n) is 8.34. The minimum atomic E-state index is -0.495. The van der Waals surface area contributed by atoms with Crippen molar-refractivity contribution < 1.29 is 17.2 Å². The van der Waals surface area contributed by atoms with Gasteiger partial charge in [-0.3, -0.25) is 4.79 Å². The molecular weight excluding hydrogens is 302 g/mol. The van der Waals surface area contributed by atoms with Gasteiger partial charge < -0.3 is 10.1 Å². The van der Waals surface area contributed by atoms with Crippen LogP contribution in [0.15, 0.2) is 43.0 Å². The number of aryl methyl sites for hydroxylation is 1. The Morgan fingerprint density at radius 3 is 2.25 bits per heavy atom. The summed E-state index contributed by atoms with van der Waals surface area (Å²) in [6.07, 6.45) is 2.25. The van der Waals surface area contributed by atoms with E-state index in [2.05, 4.69) is 31.0 Å². The molecular formula is C20H35NO3. The van der Waals surface area contributed by atoms with Crippen LogP contribution in [0.25, 0.3) is 0 Å². The maximum absolute atomic E-state index is 11.4. The van der Waals surface area contributed by atoms with Crippen LogP contribution in [0.5, 0.6) is 0 Å². The number of hydrogen-bond acceptors (Lipinski definition) is 3. The molecule has 0 aromatic heterocycles. The lowest BCUT2D eigenvalue weighted by Crippen LogP contribution is -2.34. The van der Waals surface area contributed by atoms with Crippen molar-refractivity contribution in [2.75, 3.05) is 6.54 Å². The van der Waals surface area contributed by atoms with Crippen LogP contribution in [0.4, 0.5) is 4.79 Å². The smallest absolute Gasteiger partial charge is 0.407 e. The summed E-state index contributed by atoms with van der Waals surface area (Å²) in [5.74, 6) is -0.0408. The van der Waals surface area contributed by atoms with Crippen LogP contribution in [0.1, 0.15) is 49.0 Å². The number of amides is 1. The van der Waals surface area contributed by atoms with E-state index >= 15 is 0 Å². The van der Waals surface area contributed by atoms with Crippen LogP contribution in [-0.4, -0.2) is 24.0 Å². The Labute approximate surface area is 149 Å². The molecule has 0 radical (unpaired) electrons. The molecule has 24 heavy (non-hydrogen) atoms. The summed E-state index contributed by atoms with van der Waals surface area (Å²) in [6.45, 7) is 13.3. The molecule has 4 nitrogen and oxygen atoms in total. The van der Waals surface area contributed by atoms with E-state index in [9.17, 15) is 9.59 Å². The average molecular weight is 338 g/mol. The lowest BCUT2D eigenvalue weighted by Gasteiger charge is -2.20. The quantitative estimate of drug-likeness (QED) is 0.729. The fraction of sp³-hybridized carbons (Fsp3) is 0.500. The van der Waals surface area contributed by atoms with Crippen molar-refractivity contribution in [3.63, 3.8) is 0 Å². The van der Waals surface area contributed by atoms with E-state index in [0.29, 0.717) is 13.0 Å². The number of alkyl carbamates (subject to hydrolysis) is 1. The number of benzene rings is 1. The predicted molar refractivity (Wildman–Crippen MR) is 103 cm³/mol. The third-order valence-corrected chi connectivity index (χ3v) is 3.20. The van der Waals surface area contributed by atoms with Gasteiger partial charge in [-0.1, -0.05) is 49.4 Å². The van der Waals surface area contributed by atoms with E-state index in [1.54, 1.807) is 0 Å². The van der Waals surface area contributed by atoms with Gasteiger partial charge in [0.15, 0.2) is 5.78 Å². The van der Waals surface area contributed by atoms with Gasteiger partial charge >= 0.3 is 6.09 Å². The Bertz CT molecular complexity index is 514. The van der Waals surface area contributed by atoms with E-state index in [-0.39, 0.29) is 14.6 Å². The summed E-state index contributed by atoms with van der Waals surface area (Å²) in [6, 6.07) is 10.3. The normalized spacial score (nSPS) is 11.5. The molecule has 1 amide bonds. The van der Waals surface area contributed by atoms with Crippen molar-refractivity contribution in [1.29, 1.82) is 0 Å². The first kappa shape index (κ1) is 21.9. The summed E-state index contributed by atoms with van der Waals surface area (Å²) in [5, 5.41) is 2.64. The van der Waals surface area contributed by atoms with Crippen LogP contribution < -0.4 is 5.32 Å². The first-order valence-corrected chi connectivity index (χ1v) is 8.34. The second-order valence-electron chi connectivity index (χ2n) is 6.58. The van der Waals surface area contributed by atoms with Gasteiger partial charge in [0.25, 0.3) is 0 Å². The van der Waals surface area contributed by atoms with Crippen molar-refractivity contribution in [2.45, 2.75) is 53.1 Å². The minimum absolute atomic E-state index is 0. The number of carbonyl (C=O) groups is 2. The topological polar surface area (TPSA) is 55.4 Å². The second-order valence-corrected chi connectivity index (χ2v) is 6.58. The molecule has 1 atom stereocenters. The van der Waals surface area contributed by atoms with Gasteiger partial charge in [-0.15, -0.1) is 0 Å². The Balaban J connectivity index is -0.000000494. The molecule has 138 valence electrons. The molecule has 0 saturated carbocycles. The van der Waals surface area contributed by atoms with Gasteiger partial charge in [0.1, 0.15) is 5.60 Å². The number of rotatable bonds is 6. The Kier molecular flexibility index (Phi) is 10.4. The van der Waals surface area contributed by atoms with Gasteiger partial charge in [-0.25, -0.2) is 4.79 Å². The molecule has 0 saturated heterocycles. The zero-order valence-electron chi connectivity index (χ0n) is 15.6. The molecule has 1 aromatic rings. The van der Waals surface area contributed by atoms with Crippen molar-refractivity contribution in [1.82, 2.24) is 5.32 Å². The highest BCUT2D eigenvalue weighted by Crippen LogP contribution is 2.10. The molecule has 0 spiro atoms. The van der Waals surface area contributed by atoms with E-state index < -0.39 is 11.7 Å². The van der Waals surface area contributed by atoms with Crippen molar-refractivity contribution >= 4 is 11.9 Å². The van der Waals surface area contributed by atoms with Crippen LogP contribution in [0, 0.1) is 12.8 Å². The van der Waals surface area contributed by atoms with E-state index in [1.165, 1.54) is 11.6 Å². The molecule has 4 heteroatoms. The number of ether oxygens (including phenoxy) is 1. The molecule has 1 unspecified atom stereocenters. The fourth-order valence-electron chi connectivity index (χ4n) is 1.91. The lowest BCUT2D eigenvalue weighted by atomic mass is 9.97. The molecule has 0 heterocycles. The van der Waals surface area contributed by atoms with Crippen molar-refractivity contribution in [3.8, 4) is 0 Å². The number of nitrogens with one attached hydrogen (secondary N) is 1. The maximum atomic E-state index is 11.4. The monoisotopic (exact) mass is 337 g/mol. The highest BCUT2D eigenvalue weighted by molar-refractivity contribution is 5.91. The van der Waals surface area contributed by atoms with Crippen LogP contribution in [0.2, 0.25) is 0 Å². The second kappa shape index (κ2) is 11.4. The fourth-order valence-corrected chi connectivity index (χ4v) is 1.91. The Morgan fingerprint density at radius 1 is 1.29 bits per heavy atom. The molecule has 0 bridgehead atoms. The van der Waals surface area contributed by atoms with Crippen LogP contribution in [-0.2, 0) is 9.53 Å². The van der Waals surface area contributed by atoms with Crippen molar-refractivity contribution in [2.24, 2.45) is 5.92 Å². The highest BCUT2D eigenvalue weighted by Gasteiger charge is 2.17. The molecule has 1 N–H and O–H groups in total. The molecule has 1 rings (SSSR count). The summed E-state index contributed by atoms with van der Waals surface area (Å²) in [4.78, 5) is 22.7. The summed E-state index contributed by atoms with van der Waals surface area (Å²) in [7, 11) is 0. The SMILES string of the molecule is C=CC(=O)C(CC)CCNC(=O)OC(C)(C)C.Cc1ccccc1.[HH].[HH]. The standard InChI is InChI=1S/C13H23NO3.C7H8.2H2/c1-6-10(11(15)7-2)8-9-14-12(16)17-13(3,4)5;1-7-5-3-2-4-6-7;;/h7,10H,2,6,8-9H2,1,3-5H3,(H,14,16);2-6H,1H3;2*1H. The summed E-state index contributed by atoms with van der Waals surface area (Å²) in [5.41, 5.74) is 0.827. The van der Waals surface area contributed by atoms with Gasteiger partial charge in [0.2, 0.25) is 0 Å². The average Bonchev–Trinajstić information content (AvgIpc) is 2.50. The van der Waals surface area contributed by atoms with Gasteiger partial charge in [0, 0.05) is 15.3 Å². The first-order chi connectivity index (χ1) is 11.2. The highest BCUT2D eigenvalue weighted by atomic mass is 16.6. The third kappa shape index (κ3) is 11.5. The van der Waals surface area contributed by atoms with Gasteiger partial charge in [-0.2, -0.15) is 0 Å². The largest absolute Gasteiger partial charge is 0.444 e. The van der Waals surface area contributed by atoms with E-state index in [4.69, 9.17) is 4.74 Å². The Hall–Kier alpha value is -2.10. The zero-order valence-corrected chi connectivity index (χ0v) is 15.6. The van der Waals surface area contributed by atoms with Crippen LogP contribution >= 0.6 is 0 Å². The third-order valence-electron chi connectivity index (χ3n) is 3.20. The minimum Gasteiger partial charge on any atom is -0.444 e. The van der Waals surface area contributed by atoms with E-state index in [0.717, 1.165) is 6.42 Å². The Morgan fingerprint density at radius 2 is 1.88 bits per heavy atom. The predicted octanol–water partition coefficient (Wildman–Crippen LogP) is 5.17. The number of hydrogen-bond donors (Lipinski definition) is 1. The molecule has 1 aromatic carbocycles. The van der Waals surface area contributed by atoms with Gasteiger partial charge in [-0.05, 0) is 46.6 Å². The molecule has 0 aliphatic rings. The summed E-state index contributed by atoms with van der Waals surface area (Å²) >= 11 is 0. The van der Waals surface area contributed by atoms with E-state index in [1.807, 2.05) is 45.9 Å². The van der Waals surface area contributed by atoms with Crippen molar-refractivity contribution in [3.05, 3.63) is 48.6 Å². The molecule has 0 aliphatic heterocycles. The number of ketones is 1. The van der Waals surface area contributed by atoms with Crippen LogP contribution in [0.3, 0.4) is 0 Å². The zero-order chi connectivity index (χ0) is 18.6. The summed E-state index contributed by atoms with van der Waals surface area (Å²) < 4.78 is 5.08.